The van der Waals surface area contributed by atoms with Gasteiger partial charge < -0.3 is 14.2 Å². The molecular formula is C26H26O4. The third kappa shape index (κ3) is 5.41. The monoisotopic (exact) mass is 402 g/mol. The van der Waals surface area contributed by atoms with Crippen LogP contribution in [0.5, 0.6) is 11.5 Å². The first kappa shape index (κ1) is 20.0. The Labute approximate surface area is 177 Å². The lowest BCUT2D eigenvalue weighted by molar-refractivity contribution is -0.145. The van der Waals surface area contributed by atoms with Gasteiger partial charge in [-0.05, 0) is 53.6 Å². The second-order valence-electron chi connectivity index (χ2n) is 7.47. The highest BCUT2D eigenvalue weighted by Gasteiger charge is 2.13. The molecule has 0 bridgehead atoms. The molecule has 0 aromatic heterocycles. The summed E-state index contributed by atoms with van der Waals surface area (Å²) in [5, 5.41) is 0. The van der Waals surface area contributed by atoms with E-state index in [4.69, 9.17) is 14.2 Å². The van der Waals surface area contributed by atoms with Gasteiger partial charge in [0.2, 0.25) is 6.79 Å². The molecule has 0 N–H and O–H groups in total. The van der Waals surface area contributed by atoms with Crippen molar-refractivity contribution in [1.29, 1.82) is 0 Å². The minimum atomic E-state index is -0.153. The number of carbonyl (C=O) groups is 1. The number of esters is 1. The maximum atomic E-state index is 12.0. The van der Waals surface area contributed by atoms with Gasteiger partial charge >= 0.3 is 5.97 Å². The van der Waals surface area contributed by atoms with E-state index in [1.54, 1.807) is 0 Å². The van der Waals surface area contributed by atoms with Crippen molar-refractivity contribution >= 4 is 5.97 Å². The molecular weight excluding hydrogens is 376 g/mol. The van der Waals surface area contributed by atoms with Crippen LogP contribution in [0.25, 0.3) is 11.1 Å². The van der Waals surface area contributed by atoms with Crippen LogP contribution in [0.1, 0.15) is 36.8 Å². The lowest BCUT2D eigenvalue weighted by Gasteiger charge is -2.07. The summed E-state index contributed by atoms with van der Waals surface area (Å²) in [7, 11) is 0. The highest BCUT2D eigenvalue weighted by atomic mass is 16.7. The number of unbranched alkanes of at least 4 members (excludes halogenated alkanes) is 2. The predicted molar refractivity (Wildman–Crippen MR) is 116 cm³/mol. The van der Waals surface area contributed by atoms with E-state index in [9.17, 15) is 4.79 Å². The first-order chi connectivity index (χ1) is 14.8. The first-order valence-electron chi connectivity index (χ1n) is 10.5. The summed E-state index contributed by atoms with van der Waals surface area (Å²) in [5.74, 6) is 1.29. The van der Waals surface area contributed by atoms with Crippen LogP contribution in [0, 0.1) is 0 Å². The molecule has 0 atom stereocenters. The van der Waals surface area contributed by atoms with Gasteiger partial charge in [0.1, 0.15) is 6.61 Å². The molecule has 0 saturated carbocycles. The normalized spacial score (nSPS) is 12.0. The zero-order valence-corrected chi connectivity index (χ0v) is 17.0. The lowest BCUT2D eigenvalue weighted by atomic mass is 10.0. The maximum absolute atomic E-state index is 12.0. The molecule has 4 heteroatoms. The van der Waals surface area contributed by atoms with Crippen molar-refractivity contribution in [2.75, 3.05) is 6.79 Å². The number of rotatable bonds is 9. The van der Waals surface area contributed by atoms with Crippen molar-refractivity contribution < 1.29 is 19.0 Å². The summed E-state index contributed by atoms with van der Waals surface area (Å²) in [6.07, 6.45) is 4.42. The van der Waals surface area contributed by atoms with Gasteiger partial charge in [-0.3, -0.25) is 4.79 Å². The molecule has 4 nitrogen and oxygen atoms in total. The Hall–Kier alpha value is -3.27. The van der Waals surface area contributed by atoms with Crippen molar-refractivity contribution in [1.82, 2.24) is 0 Å². The fourth-order valence-corrected chi connectivity index (χ4v) is 3.54. The summed E-state index contributed by atoms with van der Waals surface area (Å²) in [5.41, 5.74) is 4.72. The molecule has 1 heterocycles. The van der Waals surface area contributed by atoms with Crippen LogP contribution in [0.4, 0.5) is 0 Å². The van der Waals surface area contributed by atoms with Crippen molar-refractivity contribution in [3.8, 4) is 22.6 Å². The van der Waals surface area contributed by atoms with Crippen LogP contribution < -0.4 is 9.47 Å². The third-order valence-corrected chi connectivity index (χ3v) is 5.24. The molecule has 0 radical (unpaired) electrons. The van der Waals surface area contributed by atoms with Crippen LogP contribution in [-0.4, -0.2) is 12.8 Å². The van der Waals surface area contributed by atoms with Crippen LogP contribution >= 0.6 is 0 Å². The average Bonchev–Trinajstić information content (AvgIpc) is 3.26. The van der Waals surface area contributed by atoms with Crippen molar-refractivity contribution in [2.24, 2.45) is 0 Å². The van der Waals surface area contributed by atoms with Crippen molar-refractivity contribution in [3.63, 3.8) is 0 Å². The lowest BCUT2D eigenvalue weighted by Crippen LogP contribution is -2.04. The van der Waals surface area contributed by atoms with Crippen molar-refractivity contribution in [2.45, 2.75) is 38.7 Å². The van der Waals surface area contributed by atoms with Crippen LogP contribution in [0.15, 0.2) is 72.8 Å². The summed E-state index contributed by atoms with van der Waals surface area (Å²) < 4.78 is 16.0. The molecule has 1 aliphatic rings. The van der Waals surface area contributed by atoms with E-state index in [0.717, 1.165) is 37.0 Å². The SMILES string of the molecule is O=C(CCCCCc1ccc(-c2ccccc2)cc1)OCc1ccc2c(c1)OCO2. The molecule has 30 heavy (non-hydrogen) atoms. The molecule has 1 aliphatic heterocycles. The second kappa shape index (κ2) is 9.97. The quantitative estimate of drug-likeness (QED) is 0.329. The fourth-order valence-electron chi connectivity index (χ4n) is 3.54. The van der Waals surface area contributed by atoms with Gasteiger partial charge in [0.05, 0.1) is 0 Å². The van der Waals surface area contributed by atoms with Crippen LogP contribution in [-0.2, 0) is 22.6 Å². The number of hydrogen-bond acceptors (Lipinski definition) is 4. The Morgan fingerprint density at radius 3 is 2.33 bits per heavy atom. The topological polar surface area (TPSA) is 44.8 Å². The Morgan fingerprint density at radius 1 is 0.767 bits per heavy atom. The van der Waals surface area contributed by atoms with E-state index in [-0.39, 0.29) is 19.4 Å². The Morgan fingerprint density at radius 2 is 1.50 bits per heavy atom. The molecule has 3 aromatic rings. The number of benzene rings is 3. The van der Waals surface area contributed by atoms with E-state index < -0.39 is 0 Å². The number of fused-ring (bicyclic) bond motifs is 1. The van der Waals surface area contributed by atoms with E-state index in [2.05, 4.69) is 48.5 Å². The number of hydrogen-bond donors (Lipinski definition) is 0. The summed E-state index contributed by atoms with van der Waals surface area (Å²) in [6.45, 7) is 0.513. The maximum Gasteiger partial charge on any atom is 0.306 e. The first-order valence-corrected chi connectivity index (χ1v) is 10.5. The molecule has 0 fully saturated rings. The Bertz CT molecular complexity index is 964. The Balaban J connectivity index is 1.12. The average molecular weight is 402 g/mol. The van der Waals surface area contributed by atoms with Gasteiger partial charge in [-0.25, -0.2) is 0 Å². The van der Waals surface area contributed by atoms with Gasteiger partial charge in [-0.1, -0.05) is 67.1 Å². The van der Waals surface area contributed by atoms with Gasteiger partial charge in [0.25, 0.3) is 0 Å². The molecule has 0 aliphatic carbocycles. The third-order valence-electron chi connectivity index (χ3n) is 5.24. The summed E-state index contributed by atoms with van der Waals surface area (Å²) >= 11 is 0. The number of aryl methyl sites for hydroxylation is 1. The molecule has 0 amide bonds. The predicted octanol–water partition coefficient (Wildman–Crippen LogP) is 5.93. The number of carbonyl (C=O) groups excluding carboxylic acids is 1. The van der Waals surface area contributed by atoms with Crippen LogP contribution in [0.3, 0.4) is 0 Å². The number of ether oxygens (including phenoxy) is 3. The van der Waals surface area contributed by atoms with E-state index >= 15 is 0 Å². The fraction of sp³-hybridized carbons (Fsp3) is 0.269. The minimum Gasteiger partial charge on any atom is -0.461 e. The zero-order chi connectivity index (χ0) is 20.6. The molecule has 0 unspecified atom stereocenters. The van der Waals surface area contributed by atoms with E-state index in [0.29, 0.717) is 12.2 Å². The molecule has 0 spiro atoms. The largest absolute Gasteiger partial charge is 0.461 e. The van der Waals surface area contributed by atoms with Gasteiger partial charge in [-0.15, -0.1) is 0 Å². The summed E-state index contributed by atoms with van der Waals surface area (Å²) in [4.78, 5) is 12.0. The van der Waals surface area contributed by atoms with Crippen LogP contribution in [0.2, 0.25) is 0 Å². The molecule has 3 aromatic carbocycles. The molecule has 0 saturated heterocycles. The molecule has 154 valence electrons. The smallest absolute Gasteiger partial charge is 0.306 e. The van der Waals surface area contributed by atoms with Gasteiger partial charge in [0.15, 0.2) is 11.5 Å². The highest BCUT2D eigenvalue weighted by Crippen LogP contribution is 2.32. The van der Waals surface area contributed by atoms with Crippen molar-refractivity contribution in [3.05, 3.63) is 83.9 Å². The van der Waals surface area contributed by atoms with E-state index in [1.807, 2.05) is 24.3 Å². The highest BCUT2D eigenvalue weighted by molar-refractivity contribution is 5.69. The molecule has 4 rings (SSSR count). The van der Waals surface area contributed by atoms with E-state index in [1.165, 1.54) is 16.7 Å². The van der Waals surface area contributed by atoms with Gasteiger partial charge in [0, 0.05) is 6.42 Å². The minimum absolute atomic E-state index is 0.153. The zero-order valence-electron chi connectivity index (χ0n) is 17.0. The second-order valence-corrected chi connectivity index (χ2v) is 7.47. The Kier molecular flexibility index (Phi) is 6.65. The van der Waals surface area contributed by atoms with Gasteiger partial charge in [-0.2, -0.15) is 0 Å². The summed E-state index contributed by atoms with van der Waals surface area (Å²) in [6, 6.07) is 24.7. The standard InChI is InChI=1S/C26H26O4/c27-26(28-18-21-13-16-24-25(17-21)30-19-29-24)10-6-1-3-7-20-11-14-23(15-12-20)22-8-4-2-5-9-22/h2,4-5,8-9,11-17H,1,3,6-7,10,18-19H2.